The molecule has 13 heavy (non-hydrogen) atoms. The van der Waals surface area contributed by atoms with Gasteiger partial charge < -0.3 is 0 Å². The molecule has 0 N–H and O–H groups in total. The monoisotopic (exact) mass is 180 g/mol. The molecular formula is C13H24. The van der Waals surface area contributed by atoms with Crippen LogP contribution < -0.4 is 0 Å². The highest BCUT2D eigenvalue weighted by atomic mass is 14.7. The summed E-state index contributed by atoms with van der Waals surface area (Å²) in [6, 6.07) is 0. The molecule has 0 aliphatic heterocycles. The molecule has 0 heteroatoms. The van der Waals surface area contributed by atoms with Gasteiger partial charge in [-0.2, -0.15) is 0 Å². The van der Waals surface area contributed by atoms with Crippen molar-refractivity contribution in [2.24, 2.45) is 22.2 Å². The number of rotatable bonds is 1. The van der Waals surface area contributed by atoms with Gasteiger partial charge in [0, 0.05) is 0 Å². The topological polar surface area (TPSA) is 0 Å². The van der Waals surface area contributed by atoms with Crippen LogP contribution in [0, 0.1) is 22.2 Å². The quantitative estimate of drug-likeness (QED) is 0.566. The van der Waals surface area contributed by atoms with Gasteiger partial charge in [-0.1, -0.05) is 41.0 Å². The minimum absolute atomic E-state index is 0.595. The first kappa shape index (κ1) is 9.55. The van der Waals surface area contributed by atoms with Gasteiger partial charge in [-0.15, -0.1) is 0 Å². The van der Waals surface area contributed by atoms with Gasteiger partial charge in [0.25, 0.3) is 0 Å². The Bertz CT molecular complexity index is 228. The average molecular weight is 180 g/mol. The van der Waals surface area contributed by atoms with E-state index in [1.54, 1.807) is 0 Å². The second-order valence-electron chi connectivity index (χ2n) is 6.41. The van der Waals surface area contributed by atoms with E-state index >= 15 is 0 Å². The van der Waals surface area contributed by atoms with Crippen LogP contribution in [0.15, 0.2) is 0 Å². The molecule has 2 fully saturated rings. The fourth-order valence-electron chi connectivity index (χ4n) is 4.34. The molecule has 0 aromatic carbocycles. The molecule has 0 saturated heterocycles. The molecule has 2 aliphatic rings. The van der Waals surface area contributed by atoms with Crippen molar-refractivity contribution in [3.05, 3.63) is 0 Å². The van der Waals surface area contributed by atoms with E-state index < -0.39 is 0 Å². The molecule has 0 aromatic rings. The maximum atomic E-state index is 2.55. The molecule has 2 aliphatic carbocycles. The van der Waals surface area contributed by atoms with Crippen molar-refractivity contribution in [1.82, 2.24) is 0 Å². The summed E-state index contributed by atoms with van der Waals surface area (Å²) in [6.45, 7) is 12.5. The van der Waals surface area contributed by atoms with Crippen LogP contribution in [0.4, 0.5) is 0 Å². The fourth-order valence-corrected chi connectivity index (χ4v) is 4.34. The Morgan fingerprint density at radius 3 is 2.00 bits per heavy atom. The average Bonchev–Trinajstić information content (AvgIpc) is 2.36. The molecule has 0 aromatic heterocycles. The van der Waals surface area contributed by atoms with Crippen LogP contribution in [-0.4, -0.2) is 0 Å². The fraction of sp³-hybridized carbons (Fsp3) is 1.00. The van der Waals surface area contributed by atoms with Crippen molar-refractivity contribution in [2.45, 2.75) is 60.3 Å². The molecule has 0 amide bonds. The van der Waals surface area contributed by atoms with Gasteiger partial charge in [0.2, 0.25) is 0 Å². The minimum atomic E-state index is 0.595. The third kappa shape index (κ3) is 0.831. The van der Waals surface area contributed by atoms with Gasteiger partial charge in [-0.3, -0.25) is 0 Å². The normalized spacial score (nSPS) is 52.8. The molecule has 0 nitrogen and oxygen atoms in total. The van der Waals surface area contributed by atoms with E-state index in [2.05, 4.69) is 34.6 Å². The summed E-state index contributed by atoms with van der Waals surface area (Å²) in [5.74, 6) is 1.00. The van der Waals surface area contributed by atoms with Crippen LogP contribution >= 0.6 is 0 Å². The molecule has 0 radical (unpaired) electrons. The van der Waals surface area contributed by atoms with Gasteiger partial charge in [-0.25, -0.2) is 0 Å². The van der Waals surface area contributed by atoms with Gasteiger partial charge in [0.05, 0.1) is 0 Å². The predicted molar refractivity (Wildman–Crippen MR) is 57.6 cm³/mol. The summed E-state index contributed by atoms with van der Waals surface area (Å²) in [7, 11) is 0. The third-order valence-electron chi connectivity index (χ3n) is 6.24. The molecule has 2 unspecified atom stereocenters. The molecule has 2 bridgehead atoms. The Kier molecular flexibility index (Phi) is 1.71. The third-order valence-corrected chi connectivity index (χ3v) is 6.24. The lowest BCUT2D eigenvalue weighted by atomic mass is 9.58. The first-order valence-electron chi connectivity index (χ1n) is 5.87. The molecular weight excluding hydrogens is 156 g/mol. The summed E-state index contributed by atoms with van der Waals surface area (Å²) < 4.78 is 0. The van der Waals surface area contributed by atoms with Crippen molar-refractivity contribution < 1.29 is 0 Å². The second-order valence-corrected chi connectivity index (χ2v) is 6.41. The Labute approximate surface area is 83.1 Å². The van der Waals surface area contributed by atoms with Crippen LogP contribution in [0.3, 0.4) is 0 Å². The zero-order valence-corrected chi connectivity index (χ0v) is 9.91. The minimum Gasteiger partial charge on any atom is -0.0648 e. The summed E-state index contributed by atoms with van der Waals surface area (Å²) in [4.78, 5) is 0. The Hall–Kier alpha value is 0. The van der Waals surface area contributed by atoms with E-state index in [0.717, 1.165) is 5.92 Å². The zero-order valence-electron chi connectivity index (χ0n) is 9.91. The highest BCUT2D eigenvalue weighted by molar-refractivity contribution is 5.14. The van der Waals surface area contributed by atoms with Crippen molar-refractivity contribution in [3.8, 4) is 0 Å². The molecule has 76 valence electrons. The molecule has 2 saturated carbocycles. The van der Waals surface area contributed by atoms with E-state index in [9.17, 15) is 0 Å². The Balaban J connectivity index is 2.44. The predicted octanol–water partition coefficient (Wildman–Crippen LogP) is 4.25. The van der Waals surface area contributed by atoms with Gasteiger partial charge in [0.15, 0.2) is 0 Å². The lowest BCUT2D eigenvalue weighted by Gasteiger charge is -2.46. The number of hydrogen-bond acceptors (Lipinski definition) is 0. The number of hydrogen-bond donors (Lipinski definition) is 0. The Morgan fingerprint density at radius 1 is 1.15 bits per heavy atom. The van der Waals surface area contributed by atoms with E-state index in [-0.39, 0.29) is 0 Å². The largest absolute Gasteiger partial charge is 0.0648 e. The van der Waals surface area contributed by atoms with Crippen molar-refractivity contribution in [2.75, 3.05) is 0 Å². The summed E-state index contributed by atoms with van der Waals surface area (Å²) in [5.41, 5.74) is 1.83. The first-order valence-corrected chi connectivity index (χ1v) is 5.87. The van der Waals surface area contributed by atoms with E-state index in [1.165, 1.54) is 25.7 Å². The Morgan fingerprint density at radius 2 is 1.77 bits per heavy atom. The van der Waals surface area contributed by atoms with E-state index in [1.807, 2.05) is 0 Å². The van der Waals surface area contributed by atoms with Crippen LogP contribution in [0.1, 0.15) is 60.3 Å². The standard InChI is InChI=1S/C13H24/c1-6-12(4)9-10-7-8-13(12,5)11(10,2)3/h10H,6-9H2,1-5H3/t10?,12-,13?/m0/s1. The van der Waals surface area contributed by atoms with Crippen LogP contribution in [-0.2, 0) is 0 Å². The number of fused-ring (bicyclic) bond motifs is 2. The maximum absolute atomic E-state index is 2.55. The highest BCUT2D eigenvalue weighted by Crippen LogP contribution is 2.73. The van der Waals surface area contributed by atoms with Crippen LogP contribution in [0.5, 0.6) is 0 Å². The maximum Gasteiger partial charge on any atom is -0.0218 e. The molecule has 2 rings (SSSR count). The highest BCUT2D eigenvalue weighted by Gasteiger charge is 2.65. The smallest absolute Gasteiger partial charge is 0.0218 e. The van der Waals surface area contributed by atoms with E-state index in [4.69, 9.17) is 0 Å². The second kappa shape index (κ2) is 2.32. The lowest BCUT2D eigenvalue weighted by Crippen LogP contribution is -2.39. The molecule has 0 heterocycles. The van der Waals surface area contributed by atoms with Gasteiger partial charge >= 0.3 is 0 Å². The van der Waals surface area contributed by atoms with Crippen LogP contribution in [0.2, 0.25) is 0 Å². The van der Waals surface area contributed by atoms with Crippen molar-refractivity contribution in [1.29, 1.82) is 0 Å². The van der Waals surface area contributed by atoms with Crippen molar-refractivity contribution in [3.63, 3.8) is 0 Å². The van der Waals surface area contributed by atoms with Crippen molar-refractivity contribution >= 4 is 0 Å². The summed E-state index contributed by atoms with van der Waals surface area (Å²) in [6.07, 6.45) is 5.80. The molecule has 0 spiro atoms. The van der Waals surface area contributed by atoms with Gasteiger partial charge in [-0.05, 0) is 41.4 Å². The molecule has 3 atom stereocenters. The van der Waals surface area contributed by atoms with E-state index in [0.29, 0.717) is 16.2 Å². The first-order chi connectivity index (χ1) is 5.87. The van der Waals surface area contributed by atoms with Gasteiger partial charge in [0.1, 0.15) is 0 Å². The summed E-state index contributed by atoms with van der Waals surface area (Å²) in [5, 5.41) is 0. The zero-order chi connectivity index (χ0) is 9.91. The van der Waals surface area contributed by atoms with Crippen LogP contribution in [0.25, 0.3) is 0 Å². The summed E-state index contributed by atoms with van der Waals surface area (Å²) >= 11 is 0. The SMILES string of the molecule is CC[C@@]1(C)CC2CCC1(C)C2(C)C. The lowest BCUT2D eigenvalue weighted by molar-refractivity contribution is 0.0257.